The van der Waals surface area contributed by atoms with Crippen molar-refractivity contribution < 1.29 is 4.74 Å². The first kappa shape index (κ1) is 17.6. The maximum absolute atomic E-state index is 6.21. The van der Waals surface area contributed by atoms with E-state index in [9.17, 15) is 0 Å². The van der Waals surface area contributed by atoms with Crippen molar-refractivity contribution >= 4 is 34.7 Å². The Kier molecular flexibility index (Phi) is 4.62. The first-order chi connectivity index (χ1) is 13.0. The number of hydrogen-bond acceptors (Lipinski definition) is 5. The van der Waals surface area contributed by atoms with E-state index in [4.69, 9.17) is 21.3 Å². The predicted octanol–water partition coefficient (Wildman–Crippen LogP) is 5.19. The van der Waals surface area contributed by atoms with Crippen molar-refractivity contribution in [1.82, 2.24) is 9.97 Å². The monoisotopic (exact) mass is 380 g/mol. The second-order valence-corrected chi connectivity index (χ2v) is 7.06. The van der Waals surface area contributed by atoms with Crippen molar-refractivity contribution in [2.75, 3.05) is 23.9 Å². The summed E-state index contributed by atoms with van der Waals surface area (Å²) in [6.45, 7) is 4.82. The van der Waals surface area contributed by atoms with Gasteiger partial charge < -0.3 is 15.0 Å². The van der Waals surface area contributed by atoms with Crippen LogP contribution in [0.5, 0.6) is 5.75 Å². The van der Waals surface area contributed by atoms with E-state index in [0.717, 1.165) is 35.7 Å². The van der Waals surface area contributed by atoms with E-state index >= 15 is 0 Å². The molecule has 3 aromatic rings. The van der Waals surface area contributed by atoms with Gasteiger partial charge in [0.15, 0.2) is 0 Å². The lowest BCUT2D eigenvalue weighted by atomic mass is 10.2. The van der Waals surface area contributed by atoms with Crippen LogP contribution in [0.25, 0.3) is 0 Å². The number of aromatic nitrogens is 2. The summed E-state index contributed by atoms with van der Waals surface area (Å²) in [7, 11) is 1.63. The minimum atomic E-state index is 0.672. The number of benzene rings is 2. The Balaban J connectivity index is 1.69. The highest BCUT2D eigenvalue weighted by Gasteiger charge is 2.22. The van der Waals surface area contributed by atoms with Crippen molar-refractivity contribution in [3.05, 3.63) is 64.3 Å². The Hall–Kier alpha value is -2.79. The number of anilines is 4. The molecule has 27 heavy (non-hydrogen) atoms. The Morgan fingerprint density at radius 3 is 2.74 bits per heavy atom. The number of hydrogen-bond donors (Lipinski definition) is 1. The molecule has 1 aliphatic heterocycles. The van der Waals surface area contributed by atoms with Crippen LogP contribution in [0.15, 0.2) is 42.5 Å². The van der Waals surface area contributed by atoms with Crippen molar-refractivity contribution in [3.8, 4) is 5.75 Å². The first-order valence-corrected chi connectivity index (χ1v) is 9.25. The van der Waals surface area contributed by atoms with E-state index in [0.29, 0.717) is 16.7 Å². The van der Waals surface area contributed by atoms with E-state index in [-0.39, 0.29) is 0 Å². The Morgan fingerprint density at radius 1 is 1.11 bits per heavy atom. The summed E-state index contributed by atoms with van der Waals surface area (Å²) in [5, 5.41) is 4.03. The zero-order chi connectivity index (χ0) is 19.0. The predicted molar refractivity (Wildman–Crippen MR) is 110 cm³/mol. The maximum Gasteiger partial charge on any atom is 0.232 e. The molecular formula is C21H21ClN4O. The van der Waals surface area contributed by atoms with E-state index in [2.05, 4.69) is 33.4 Å². The van der Waals surface area contributed by atoms with Crippen LogP contribution in [-0.2, 0) is 6.42 Å². The molecule has 0 saturated carbocycles. The topological polar surface area (TPSA) is 50.3 Å². The summed E-state index contributed by atoms with van der Waals surface area (Å²) in [5.41, 5.74) is 5.20. The fourth-order valence-electron chi connectivity index (χ4n) is 3.35. The van der Waals surface area contributed by atoms with Gasteiger partial charge in [0.2, 0.25) is 5.95 Å². The van der Waals surface area contributed by atoms with Crippen LogP contribution in [0, 0.1) is 13.8 Å². The number of ether oxygens (including phenoxy) is 1. The summed E-state index contributed by atoms with van der Waals surface area (Å²) in [5.74, 6) is 2.10. The molecule has 0 fully saturated rings. The molecule has 0 amide bonds. The number of halogens is 1. The third kappa shape index (κ3) is 3.43. The zero-order valence-corrected chi connectivity index (χ0v) is 16.3. The van der Waals surface area contributed by atoms with Crippen LogP contribution in [0.2, 0.25) is 5.02 Å². The third-order valence-electron chi connectivity index (χ3n) is 4.71. The Bertz CT molecular complexity index is 1010. The van der Waals surface area contributed by atoms with Gasteiger partial charge in [-0.3, -0.25) is 0 Å². The van der Waals surface area contributed by atoms with Crippen LogP contribution < -0.4 is 15.0 Å². The summed E-state index contributed by atoms with van der Waals surface area (Å²) in [4.78, 5) is 11.6. The average Bonchev–Trinajstić information content (AvgIpc) is 3.08. The van der Waals surface area contributed by atoms with Gasteiger partial charge in [-0.15, -0.1) is 0 Å². The SMILES string of the molecule is COc1cc(Cl)c(C)cc1Nc1cc(C)nc(N2CCc3ccccc32)n1. The molecule has 1 aromatic heterocycles. The lowest BCUT2D eigenvalue weighted by Gasteiger charge is -2.19. The van der Waals surface area contributed by atoms with E-state index in [1.165, 1.54) is 11.3 Å². The third-order valence-corrected chi connectivity index (χ3v) is 5.12. The molecule has 2 aromatic carbocycles. The van der Waals surface area contributed by atoms with Crippen molar-refractivity contribution in [3.63, 3.8) is 0 Å². The zero-order valence-electron chi connectivity index (χ0n) is 15.6. The summed E-state index contributed by atoms with van der Waals surface area (Å²) in [6.07, 6.45) is 1.00. The summed E-state index contributed by atoms with van der Waals surface area (Å²) >= 11 is 6.21. The molecule has 0 saturated heterocycles. The number of fused-ring (bicyclic) bond motifs is 1. The van der Waals surface area contributed by atoms with Crippen LogP contribution in [0.1, 0.15) is 16.8 Å². The fraction of sp³-hybridized carbons (Fsp3) is 0.238. The molecule has 0 atom stereocenters. The molecule has 0 aliphatic carbocycles. The van der Waals surface area contributed by atoms with Gasteiger partial charge in [-0.2, -0.15) is 4.98 Å². The van der Waals surface area contributed by atoms with E-state index in [1.807, 2.05) is 38.1 Å². The van der Waals surface area contributed by atoms with Gasteiger partial charge in [-0.1, -0.05) is 29.8 Å². The van der Waals surface area contributed by atoms with Crippen LogP contribution in [-0.4, -0.2) is 23.6 Å². The standard InChI is InChI=1S/C21H21ClN4O/c1-13-10-17(19(27-3)12-16(13)22)24-20-11-14(2)23-21(25-20)26-9-8-15-6-4-5-7-18(15)26/h4-7,10-12H,8-9H2,1-3H3,(H,23,24,25). The molecule has 2 heterocycles. The molecule has 0 bridgehead atoms. The van der Waals surface area contributed by atoms with Gasteiger partial charge in [0, 0.05) is 35.1 Å². The van der Waals surface area contributed by atoms with Crippen LogP contribution >= 0.6 is 11.6 Å². The maximum atomic E-state index is 6.21. The second kappa shape index (κ2) is 7.08. The Labute approximate surface area is 164 Å². The minimum Gasteiger partial charge on any atom is -0.495 e. The molecule has 5 nitrogen and oxygen atoms in total. The van der Waals surface area contributed by atoms with Gasteiger partial charge in [0.05, 0.1) is 12.8 Å². The molecule has 1 aliphatic rings. The van der Waals surface area contributed by atoms with Crippen molar-refractivity contribution in [1.29, 1.82) is 0 Å². The highest BCUT2D eigenvalue weighted by molar-refractivity contribution is 6.31. The van der Waals surface area contributed by atoms with E-state index < -0.39 is 0 Å². The van der Waals surface area contributed by atoms with E-state index in [1.54, 1.807) is 7.11 Å². The molecule has 4 rings (SSSR count). The van der Waals surface area contributed by atoms with Crippen molar-refractivity contribution in [2.45, 2.75) is 20.3 Å². The number of rotatable bonds is 4. The normalized spacial score (nSPS) is 12.8. The minimum absolute atomic E-state index is 0.672. The van der Waals surface area contributed by atoms with Gasteiger partial charge in [0.1, 0.15) is 11.6 Å². The van der Waals surface area contributed by atoms with Gasteiger partial charge in [-0.05, 0) is 43.5 Å². The molecule has 6 heteroatoms. The highest BCUT2D eigenvalue weighted by Crippen LogP contribution is 2.35. The van der Waals surface area contributed by atoms with Gasteiger partial charge in [-0.25, -0.2) is 4.98 Å². The van der Waals surface area contributed by atoms with Crippen molar-refractivity contribution in [2.24, 2.45) is 0 Å². The smallest absolute Gasteiger partial charge is 0.232 e. The number of aryl methyl sites for hydroxylation is 2. The Morgan fingerprint density at radius 2 is 1.93 bits per heavy atom. The average molecular weight is 381 g/mol. The number of methoxy groups -OCH3 is 1. The quantitative estimate of drug-likeness (QED) is 0.674. The molecule has 1 N–H and O–H groups in total. The first-order valence-electron chi connectivity index (χ1n) is 8.87. The number of nitrogens with zero attached hydrogens (tertiary/aromatic N) is 3. The number of nitrogens with one attached hydrogen (secondary N) is 1. The summed E-state index contributed by atoms with van der Waals surface area (Å²) in [6, 6.07) is 14.1. The lowest BCUT2D eigenvalue weighted by Crippen LogP contribution is -2.17. The molecule has 0 unspecified atom stereocenters. The van der Waals surface area contributed by atoms with Crippen LogP contribution in [0.4, 0.5) is 23.1 Å². The molecule has 0 spiro atoms. The molecule has 138 valence electrons. The summed E-state index contributed by atoms with van der Waals surface area (Å²) < 4.78 is 5.46. The second-order valence-electron chi connectivity index (χ2n) is 6.65. The van der Waals surface area contributed by atoms with Crippen LogP contribution in [0.3, 0.4) is 0 Å². The van der Waals surface area contributed by atoms with Gasteiger partial charge in [0.25, 0.3) is 0 Å². The molecule has 0 radical (unpaired) electrons. The number of para-hydroxylation sites is 1. The highest BCUT2D eigenvalue weighted by atomic mass is 35.5. The largest absolute Gasteiger partial charge is 0.495 e. The fourth-order valence-corrected chi connectivity index (χ4v) is 3.51. The lowest BCUT2D eigenvalue weighted by molar-refractivity contribution is 0.416. The van der Waals surface area contributed by atoms with Gasteiger partial charge >= 0.3 is 0 Å². The molecular weight excluding hydrogens is 360 g/mol.